The van der Waals surface area contributed by atoms with Crippen molar-refractivity contribution in [1.29, 1.82) is 0 Å². The first-order chi connectivity index (χ1) is 3.21. The highest BCUT2D eigenvalue weighted by molar-refractivity contribution is 8.22. The van der Waals surface area contributed by atoms with E-state index < -0.39 is 10.9 Å². The van der Waals surface area contributed by atoms with Crippen LogP contribution in [0.2, 0.25) is 0 Å². The molecule has 3 nitrogen and oxygen atoms in total. The fourth-order valence-electron chi connectivity index (χ4n) is 0.343. The molecule has 42 valence electrons. The van der Waals surface area contributed by atoms with Crippen LogP contribution >= 0.6 is 10.9 Å². The van der Waals surface area contributed by atoms with E-state index in [1.165, 1.54) is 5.41 Å². The van der Waals surface area contributed by atoms with Gasteiger partial charge in [-0.05, 0) is 6.08 Å². The van der Waals surface area contributed by atoms with Crippen LogP contribution < -0.4 is 0 Å². The highest BCUT2D eigenvalue weighted by atomic mass is 32.3. The molecule has 1 heterocycles. The number of rotatable bonds is 0. The summed E-state index contributed by atoms with van der Waals surface area (Å²) in [6.07, 6.45) is 1.58. The summed E-state index contributed by atoms with van der Waals surface area (Å²) in [6.45, 7) is 0.322. The Morgan fingerprint density at radius 2 is 2.29 bits per heavy atom. The molecule has 4 heteroatoms. The summed E-state index contributed by atoms with van der Waals surface area (Å²) in [5, 5.41) is 1.27. The van der Waals surface area contributed by atoms with Gasteiger partial charge in [0.1, 0.15) is 10.9 Å². The standard InChI is InChI=1S/C3H6O3S/c4-7(5)3-1-2-6-7/h1,3-5H,2H2. The lowest BCUT2D eigenvalue weighted by Crippen LogP contribution is -1.90. The monoisotopic (exact) mass is 122 g/mol. The zero-order valence-electron chi connectivity index (χ0n) is 3.57. The van der Waals surface area contributed by atoms with Gasteiger partial charge in [-0.15, -0.1) is 0 Å². The minimum absolute atomic E-state index is 0.322. The van der Waals surface area contributed by atoms with Crippen LogP contribution in [-0.4, -0.2) is 15.7 Å². The third-order valence-corrected chi connectivity index (χ3v) is 1.64. The van der Waals surface area contributed by atoms with Gasteiger partial charge in [-0.3, -0.25) is 4.18 Å². The molecule has 0 aromatic carbocycles. The van der Waals surface area contributed by atoms with Crippen LogP contribution in [0.5, 0.6) is 0 Å². The molecule has 0 saturated heterocycles. The summed E-state index contributed by atoms with van der Waals surface area (Å²) < 4.78 is 21.5. The van der Waals surface area contributed by atoms with Gasteiger partial charge >= 0.3 is 0 Å². The van der Waals surface area contributed by atoms with E-state index in [1.807, 2.05) is 0 Å². The summed E-state index contributed by atoms with van der Waals surface area (Å²) in [7, 11) is -2.73. The molecule has 1 aliphatic heterocycles. The molecule has 1 aliphatic rings. The van der Waals surface area contributed by atoms with Crippen molar-refractivity contribution in [3.63, 3.8) is 0 Å². The maximum Gasteiger partial charge on any atom is 0.108 e. The van der Waals surface area contributed by atoms with Gasteiger partial charge in [0.2, 0.25) is 0 Å². The Bertz CT molecular complexity index is 98.4. The zero-order chi connectivity index (χ0) is 5.33. The van der Waals surface area contributed by atoms with E-state index in [0.717, 1.165) is 0 Å². The molecule has 0 unspecified atom stereocenters. The predicted molar refractivity (Wildman–Crippen MR) is 27.9 cm³/mol. The topological polar surface area (TPSA) is 49.7 Å². The van der Waals surface area contributed by atoms with Gasteiger partial charge in [0.15, 0.2) is 0 Å². The highest BCUT2D eigenvalue weighted by Crippen LogP contribution is 2.44. The fourth-order valence-corrected chi connectivity index (χ4v) is 1.03. The van der Waals surface area contributed by atoms with Gasteiger partial charge in [0.05, 0.1) is 6.61 Å². The lowest BCUT2D eigenvalue weighted by molar-refractivity contribution is 0.310. The first kappa shape index (κ1) is 5.11. The van der Waals surface area contributed by atoms with Gasteiger partial charge in [0.25, 0.3) is 0 Å². The maximum atomic E-state index is 8.52. The van der Waals surface area contributed by atoms with Crippen molar-refractivity contribution in [1.82, 2.24) is 0 Å². The summed E-state index contributed by atoms with van der Waals surface area (Å²) in [5.41, 5.74) is 0. The van der Waals surface area contributed by atoms with Crippen molar-refractivity contribution in [2.75, 3.05) is 6.61 Å². The van der Waals surface area contributed by atoms with Gasteiger partial charge < -0.3 is 9.11 Å². The highest BCUT2D eigenvalue weighted by Gasteiger charge is 2.15. The minimum Gasteiger partial charge on any atom is -0.305 e. The molecule has 0 spiro atoms. The average molecular weight is 122 g/mol. The van der Waals surface area contributed by atoms with Crippen molar-refractivity contribution in [3.8, 4) is 0 Å². The van der Waals surface area contributed by atoms with Gasteiger partial charge in [-0.1, -0.05) is 0 Å². The van der Waals surface area contributed by atoms with Crippen molar-refractivity contribution in [3.05, 3.63) is 11.5 Å². The first-order valence-electron chi connectivity index (χ1n) is 1.80. The molecular weight excluding hydrogens is 116 g/mol. The Balaban J connectivity index is 2.57. The molecule has 0 amide bonds. The van der Waals surface area contributed by atoms with E-state index in [2.05, 4.69) is 4.18 Å². The molecule has 0 aliphatic carbocycles. The van der Waals surface area contributed by atoms with E-state index in [1.54, 1.807) is 6.08 Å². The molecule has 0 fully saturated rings. The first-order valence-corrected chi connectivity index (χ1v) is 3.33. The van der Waals surface area contributed by atoms with Crippen molar-refractivity contribution < 1.29 is 13.3 Å². The van der Waals surface area contributed by atoms with Crippen LogP contribution in [0, 0.1) is 0 Å². The van der Waals surface area contributed by atoms with Gasteiger partial charge in [0, 0.05) is 5.41 Å². The number of hydrogen-bond donors (Lipinski definition) is 2. The second-order valence-corrected chi connectivity index (χ2v) is 2.78. The molecule has 0 aromatic rings. The zero-order valence-corrected chi connectivity index (χ0v) is 4.39. The summed E-state index contributed by atoms with van der Waals surface area (Å²) in [4.78, 5) is 0. The Hall–Kier alpha value is -0.0300. The molecule has 0 atom stereocenters. The van der Waals surface area contributed by atoms with Crippen molar-refractivity contribution in [2.24, 2.45) is 0 Å². The van der Waals surface area contributed by atoms with E-state index in [0.29, 0.717) is 6.61 Å². The van der Waals surface area contributed by atoms with Gasteiger partial charge in [-0.25, -0.2) is 0 Å². The average Bonchev–Trinajstić information content (AvgIpc) is 1.84. The fraction of sp³-hybridized carbons (Fsp3) is 0.333. The summed E-state index contributed by atoms with van der Waals surface area (Å²) in [6, 6.07) is 0. The van der Waals surface area contributed by atoms with Crippen molar-refractivity contribution in [2.45, 2.75) is 0 Å². The maximum absolute atomic E-state index is 8.52. The lowest BCUT2D eigenvalue weighted by atomic mass is 10.7. The van der Waals surface area contributed by atoms with E-state index in [4.69, 9.17) is 9.11 Å². The number of hydrogen-bond acceptors (Lipinski definition) is 3. The molecule has 0 radical (unpaired) electrons. The second-order valence-electron chi connectivity index (χ2n) is 1.19. The third-order valence-electron chi connectivity index (χ3n) is 0.611. The normalized spacial score (nSPS) is 30.6. The molecule has 0 aromatic heterocycles. The van der Waals surface area contributed by atoms with E-state index in [-0.39, 0.29) is 0 Å². The second kappa shape index (κ2) is 1.48. The van der Waals surface area contributed by atoms with Crippen LogP contribution in [0.1, 0.15) is 0 Å². The quantitative estimate of drug-likeness (QED) is 0.507. The van der Waals surface area contributed by atoms with Crippen molar-refractivity contribution >= 4 is 10.9 Å². The third kappa shape index (κ3) is 1.17. The van der Waals surface area contributed by atoms with Crippen LogP contribution in [0.25, 0.3) is 0 Å². The lowest BCUT2D eigenvalue weighted by Gasteiger charge is -2.15. The van der Waals surface area contributed by atoms with E-state index >= 15 is 0 Å². The van der Waals surface area contributed by atoms with Gasteiger partial charge in [-0.2, -0.15) is 0 Å². The minimum atomic E-state index is -2.73. The summed E-state index contributed by atoms with van der Waals surface area (Å²) >= 11 is 0. The predicted octanol–water partition coefficient (Wildman–Crippen LogP) is 1.20. The van der Waals surface area contributed by atoms with Crippen LogP contribution in [0.4, 0.5) is 0 Å². The molecule has 0 saturated carbocycles. The Morgan fingerprint density at radius 1 is 1.57 bits per heavy atom. The largest absolute Gasteiger partial charge is 0.305 e. The molecule has 2 N–H and O–H groups in total. The summed E-state index contributed by atoms with van der Waals surface area (Å²) in [5.74, 6) is 0. The SMILES string of the molecule is OS1(O)C=CCO1. The van der Waals surface area contributed by atoms with Crippen LogP contribution in [0.3, 0.4) is 0 Å². The van der Waals surface area contributed by atoms with Crippen LogP contribution in [0.15, 0.2) is 11.5 Å². The Kier molecular flexibility index (Phi) is 1.08. The molecule has 7 heavy (non-hydrogen) atoms. The Labute approximate surface area is 43.2 Å². The molecular formula is C3H6O3S. The Morgan fingerprint density at radius 3 is 2.43 bits per heavy atom. The van der Waals surface area contributed by atoms with E-state index in [9.17, 15) is 0 Å². The molecule has 1 rings (SSSR count). The molecule has 0 bridgehead atoms. The smallest absolute Gasteiger partial charge is 0.108 e. The van der Waals surface area contributed by atoms with Crippen LogP contribution in [-0.2, 0) is 4.18 Å².